The van der Waals surface area contributed by atoms with Crippen molar-refractivity contribution in [3.8, 4) is 5.88 Å². The van der Waals surface area contributed by atoms with Crippen molar-refractivity contribution in [3.63, 3.8) is 0 Å². The van der Waals surface area contributed by atoms with Crippen LogP contribution in [0.2, 0.25) is 0 Å². The number of hydrazine groups is 1. The van der Waals surface area contributed by atoms with Gasteiger partial charge in [-0.2, -0.15) is 0 Å². The molecule has 1 aromatic heterocycles. The summed E-state index contributed by atoms with van der Waals surface area (Å²) in [5, 5.41) is 0. The van der Waals surface area contributed by atoms with Crippen molar-refractivity contribution in [1.29, 1.82) is 0 Å². The molecule has 0 aliphatic heterocycles. The quantitative estimate of drug-likeness (QED) is 0.621. The minimum absolute atomic E-state index is 0.481. The van der Waals surface area contributed by atoms with Crippen molar-refractivity contribution < 1.29 is 4.74 Å². The van der Waals surface area contributed by atoms with Crippen molar-refractivity contribution >= 4 is 5.82 Å². The van der Waals surface area contributed by atoms with Crippen LogP contribution in [-0.4, -0.2) is 9.97 Å². The van der Waals surface area contributed by atoms with Crippen LogP contribution in [0, 0.1) is 0 Å². The zero-order valence-electron chi connectivity index (χ0n) is 10.3. The van der Waals surface area contributed by atoms with Crippen LogP contribution in [0.5, 0.6) is 5.88 Å². The van der Waals surface area contributed by atoms with E-state index in [4.69, 9.17) is 10.6 Å². The fraction of sp³-hybridized carbons (Fsp3) is 0.231. The second-order valence-corrected chi connectivity index (χ2v) is 3.78. The second kappa shape index (κ2) is 5.97. The predicted molar refractivity (Wildman–Crippen MR) is 70.0 cm³/mol. The van der Waals surface area contributed by atoms with Gasteiger partial charge in [0.2, 0.25) is 5.88 Å². The lowest BCUT2D eigenvalue weighted by Crippen LogP contribution is -2.12. The molecule has 5 nitrogen and oxygen atoms in total. The molecule has 0 amide bonds. The number of aromatic nitrogens is 2. The molecule has 0 spiro atoms. The van der Waals surface area contributed by atoms with Crippen molar-refractivity contribution in [2.24, 2.45) is 5.84 Å². The maximum atomic E-state index is 5.71. The first-order chi connectivity index (χ1) is 8.85. The lowest BCUT2D eigenvalue weighted by molar-refractivity contribution is 0.290. The Morgan fingerprint density at radius 1 is 1.22 bits per heavy atom. The van der Waals surface area contributed by atoms with Gasteiger partial charge in [-0.25, -0.2) is 15.8 Å². The van der Waals surface area contributed by atoms with Gasteiger partial charge in [0.25, 0.3) is 0 Å². The van der Waals surface area contributed by atoms with Crippen molar-refractivity contribution in [2.45, 2.75) is 20.0 Å². The summed E-state index contributed by atoms with van der Waals surface area (Å²) in [6.45, 7) is 2.49. The van der Waals surface area contributed by atoms with Gasteiger partial charge in [0.15, 0.2) is 0 Å². The number of anilines is 1. The molecule has 3 N–H and O–H groups in total. The Morgan fingerprint density at radius 3 is 2.67 bits per heavy atom. The summed E-state index contributed by atoms with van der Waals surface area (Å²) in [6, 6.07) is 9.95. The largest absolute Gasteiger partial charge is 0.472 e. The molecule has 0 bridgehead atoms. The molecular formula is C13H16N4O. The highest BCUT2D eigenvalue weighted by Gasteiger charge is 2.09. The summed E-state index contributed by atoms with van der Waals surface area (Å²) >= 11 is 0. The number of rotatable bonds is 5. The Kier molecular flexibility index (Phi) is 4.09. The van der Waals surface area contributed by atoms with E-state index < -0.39 is 0 Å². The molecule has 0 saturated carbocycles. The molecule has 94 valence electrons. The number of nitrogens with one attached hydrogen (secondary N) is 1. The van der Waals surface area contributed by atoms with E-state index >= 15 is 0 Å². The van der Waals surface area contributed by atoms with E-state index in [1.165, 1.54) is 6.33 Å². The van der Waals surface area contributed by atoms with Crippen LogP contribution in [0.4, 0.5) is 5.82 Å². The average molecular weight is 244 g/mol. The number of nitrogens with zero attached hydrogens (tertiary/aromatic N) is 2. The van der Waals surface area contributed by atoms with E-state index in [1.807, 2.05) is 37.3 Å². The zero-order valence-corrected chi connectivity index (χ0v) is 10.3. The molecule has 0 atom stereocenters. The SMILES string of the molecule is CCc1c(NN)ncnc1OCc1ccccc1. The zero-order chi connectivity index (χ0) is 12.8. The molecule has 0 unspecified atom stereocenters. The number of benzene rings is 1. The van der Waals surface area contributed by atoms with Gasteiger partial charge in [0, 0.05) is 0 Å². The number of hydrogen-bond acceptors (Lipinski definition) is 5. The van der Waals surface area contributed by atoms with Gasteiger partial charge in [-0.1, -0.05) is 37.3 Å². The van der Waals surface area contributed by atoms with Gasteiger partial charge in [-0.3, -0.25) is 0 Å². The summed E-state index contributed by atoms with van der Waals surface area (Å²) in [5.41, 5.74) is 4.54. The van der Waals surface area contributed by atoms with E-state index in [0.717, 1.165) is 17.5 Å². The van der Waals surface area contributed by atoms with Crippen molar-refractivity contribution in [1.82, 2.24) is 9.97 Å². The first-order valence-corrected chi connectivity index (χ1v) is 5.82. The molecule has 0 saturated heterocycles. The lowest BCUT2D eigenvalue weighted by atomic mass is 10.2. The molecule has 0 aliphatic carbocycles. The van der Waals surface area contributed by atoms with Crippen LogP contribution < -0.4 is 16.0 Å². The van der Waals surface area contributed by atoms with Gasteiger partial charge in [0.1, 0.15) is 18.8 Å². The Balaban J connectivity index is 2.14. The first-order valence-electron chi connectivity index (χ1n) is 5.82. The van der Waals surface area contributed by atoms with Crippen LogP contribution in [0.3, 0.4) is 0 Å². The fourth-order valence-corrected chi connectivity index (χ4v) is 1.69. The number of ether oxygens (including phenoxy) is 1. The Labute approximate surface area is 106 Å². The number of nitrogen functional groups attached to an aromatic ring is 1. The smallest absolute Gasteiger partial charge is 0.222 e. The Morgan fingerprint density at radius 2 is 2.00 bits per heavy atom. The fourth-order valence-electron chi connectivity index (χ4n) is 1.69. The van der Waals surface area contributed by atoms with Crippen LogP contribution in [0.15, 0.2) is 36.7 Å². The minimum Gasteiger partial charge on any atom is -0.472 e. The highest BCUT2D eigenvalue weighted by Crippen LogP contribution is 2.22. The molecule has 1 aromatic carbocycles. The molecule has 5 heteroatoms. The van der Waals surface area contributed by atoms with Gasteiger partial charge >= 0.3 is 0 Å². The summed E-state index contributed by atoms with van der Waals surface area (Å²) in [7, 11) is 0. The monoisotopic (exact) mass is 244 g/mol. The molecule has 0 aliphatic rings. The summed E-state index contributed by atoms with van der Waals surface area (Å²) in [5.74, 6) is 6.59. The third-order valence-electron chi connectivity index (χ3n) is 2.61. The summed E-state index contributed by atoms with van der Waals surface area (Å²) < 4.78 is 5.71. The first kappa shape index (κ1) is 12.3. The normalized spacial score (nSPS) is 10.1. The van der Waals surface area contributed by atoms with E-state index in [-0.39, 0.29) is 0 Å². The summed E-state index contributed by atoms with van der Waals surface area (Å²) in [6.07, 6.45) is 2.19. The third kappa shape index (κ3) is 2.75. The van der Waals surface area contributed by atoms with E-state index in [2.05, 4.69) is 15.4 Å². The molecule has 0 radical (unpaired) electrons. The Bertz CT molecular complexity index is 502. The average Bonchev–Trinajstić information content (AvgIpc) is 2.45. The second-order valence-electron chi connectivity index (χ2n) is 3.78. The van der Waals surface area contributed by atoms with Crippen LogP contribution >= 0.6 is 0 Å². The Hall–Kier alpha value is -2.14. The molecule has 2 aromatic rings. The molecule has 2 rings (SSSR count). The van der Waals surface area contributed by atoms with E-state index in [1.54, 1.807) is 0 Å². The molecule has 1 heterocycles. The molecular weight excluding hydrogens is 228 g/mol. The van der Waals surface area contributed by atoms with Crippen LogP contribution in [-0.2, 0) is 13.0 Å². The van der Waals surface area contributed by atoms with Gasteiger partial charge in [0.05, 0.1) is 5.56 Å². The van der Waals surface area contributed by atoms with Crippen LogP contribution in [0.1, 0.15) is 18.1 Å². The van der Waals surface area contributed by atoms with Gasteiger partial charge in [-0.05, 0) is 12.0 Å². The third-order valence-corrected chi connectivity index (χ3v) is 2.61. The van der Waals surface area contributed by atoms with Gasteiger partial charge in [-0.15, -0.1) is 0 Å². The summed E-state index contributed by atoms with van der Waals surface area (Å²) in [4.78, 5) is 8.20. The minimum atomic E-state index is 0.481. The van der Waals surface area contributed by atoms with Crippen LogP contribution in [0.25, 0.3) is 0 Å². The maximum absolute atomic E-state index is 5.71. The number of nitrogens with two attached hydrogens (primary N) is 1. The highest BCUT2D eigenvalue weighted by atomic mass is 16.5. The van der Waals surface area contributed by atoms with Crippen molar-refractivity contribution in [2.75, 3.05) is 5.43 Å². The molecule has 18 heavy (non-hydrogen) atoms. The molecule has 0 fully saturated rings. The van der Waals surface area contributed by atoms with Gasteiger partial charge < -0.3 is 10.2 Å². The standard InChI is InChI=1S/C13H16N4O/c1-2-11-12(17-14)15-9-16-13(11)18-8-10-6-4-3-5-7-10/h3-7,9H,2,8,14H2,1H3,(H,15,16,17). The van der Waals surface area contributed by atoms with Crippen molar-refractivity contribution in [3.05, 3.63) is 47.8 Å². The van der Waals surface area contributed by atoms with E-state index in [0.29, 0.717) is 18.3 Å². The van der Waals surface area contributed by atoms with E-state index in [9.17, 15) is 0 Å². The lowest BCUT2D eigenvalue weighted by Gasteiger charge is -2.11. The topological polar surface area (TPSA) is 73.1 Å². The number of hydrogen-bond donors (Lipinski definition) is 2. The predicted octanol–water partition coefficient (Wildman–Crippen LogP) is 1.90. The maximum Gasteiger partial charge on any atom is 0.222 e. The highest BCUT2D eigenvalue weighted by molar-refractivity contribution is 5.47.